The van der Waals surface area contributed by atoms with Gasteiger partial charge in [0.05, 0.1) is 0 Å². The van der Waals surface area contributed by atoms with Crippen LogP contribution < -0.4 is 0 Å². The molecule has 1 heteroatoms. The summed E-state index contributed by atoms with van der Waals surface area (Å²) in [4.78, 5) is 0. The van der Waals surface area contributed by atoms with Crippen LogP contribution >= 0.6 is 0 Å². The monoisotopic (exact) mass is 212 g/mol. The van der Waals surface area contributed by atoms with Crippen molar-refractivity contribution in [2.75, 3.05) is 0 Å². The predicted molar refractivity (Wildman–Crippen MR) is 66.9 cm³/mol. The van der Waals surface area contributed by atoms with Crippen LogP contribution in [0.1, 0.15) is 30.9 Å². The molecule has 0 aromatic heterocycles. The summed E-state index contributed by atoms with van der Waals surface area (Å²) >= 11 is 0. The van der Waals surface area contributed by atoms with Crippen LogP contribution in [0.4, 0.5) is 0 Å². The van der Waals surface area contributed by atoms with Gasteiger partial charge in [0.25, 0.3) is 0 Å². The lowest BCUT2D eigenvalue weighted by atomic mass is 9.88. The quantitative estimate of drug-likeness (QED) is 0.761. The van der Waals surface area contributed by atoms with Crippen molar-refractivity contribution in [2.45, 2.75) is 26.2 Å². The van der Waals surface area contributed by atoms with Gasteiger partial charge in [-0.1, -0.05) is 38.1 Å². The van der Waals surface area contributed by atoms with Crippen LogP contribution in [0.25, 0.3) is 10.8 Å². The summed E-state index contributed by atoms with van der Waals surface area (Å²) < 4.78 is 0. The first kappa shape index (κ1) is 9.71. The molecule has 1 aliphatic rings. The zero-order chi connectivity index (χ0) is 11.3. The highest BCUT2D eigenvalue weighted by molar-refractivity contribution is 5.93. The van der Waals surface area contributed by atoms with Crippen molar-refractivity contribution in [3.05, 3.63) is 41.5 Å². The van der Waals surface area contributed by atoms with Gasteiger partial charge in [-0.3, -0.25) is 0 Å². The van der Waals surface area contributed by atoms with Crippen molar-refractivity contribution in [3.63, 3.8) is 0 Å². The molecule has 1 unspecified atom stereocenters. The van der Waals surface area contributed by atoms with Crippen molar-refractivity contribution >= 4 is 10.8 Å². The first-order chi connectivity index (χ1) is 7.68. The van der Waals surface area contributed by atoms with E-state index in [-0.39, 0.29) is 0 Å². The van der Waals surface area contributed by atoms with Gasteiger partial charge in [0.1, 0.15) is 5.75 Å². The average Bonchev–Trinajstić information content (AvgIpc) is 2.65. The van der Waals surface area contributed by atoms with E-state index in [1.165, 1.54) is 21.9 Å². The highest BCUT2D eigenvalue weighted by Gasteiger charge is 2.29. The van der Waals surface area contributed by atoms with Crippen LogP contribution in [0.3, 0.4) is 0 Å². The number of hydrogen-bond acceptors (Lipinski definition) is 1. The molecule has 2 aromatic carbocycles. The number of aromatic hydroxyl groups is 1. The fourth-order valence-electron chi connectivity index (χ4n) is 2.93. The average molecular weight is 212 g/mol. The molecule has 0 saturated carbocycles. The van der Waals surface area contributed by atoms with Gasteiger partial charge in [-0.15, -0.1) is 0 Å². The van der Waals surface area contributed by atoms with Gasteiger partial charge in [-0.2, -0.15) is 0 Å². The molecule has 0 amide bonds. The lowest BCUT2D eigenvalue weighted by molar-refractivity contribution is 0.442. The van der Waals surface area contributed by atoms with Gasteiger partial charge in [-0.25, -0.2) is 0 Å². The fourth-order valence-corrected chi connectivity index (χ4v) is 2.93. The second-order valence-corrected chi connectivity index (χ2v) is 5.07. The largest absolute Gasteiger partial charge is 0.508 e. The Bertz CT molecular complexity index is 555. The number of hydrogen-bond donors (Lipinski definition) is 1. The number of phenolic OH excluding ortho intramolecular Hbond substituents is 1. The molecule has 1 nitrogen and oxygen atoms in total. The lowest BCUT2D eigenvalue weighted by Gasteiger charge is -2.16. The van der Waals surface area contributed by atoms with Crippen LogP contribution in [0.5, 0.6) is 5.75 Å². The van der Waals surface area contributed by atoms with Crippen molar-refractivity contribution in [1.29, 1.82) is 0 Å². The minimum absolute atomic E-state index is 0.469. The number of rotatable bonds is 1. The van der Waals surface area contributed by atoms with E-state index in [4.69, 9.17) is 0 Å². The van der Waals surface area contributed by atoms with Gasteiger partial charge >= 0.3 is 0 Å². The maximum absolute atomic E-state index is 10.1. The molecule has 0 fully saturated rings. The van der Waals surface area contributed by atoms with Crippen LogP contribution in [0.2, 0.25) is 0 Å². The first-order valence-corrected chi connectivity index (χ1v) is 5.92. The minimum atomic E-state index is 0.469. The van der Waals surface area contributed by atoms with Crippen LogP contribution in [-0.2, 0) is 6.42 Å². The highest BCUT2D eigenvalue weighted by atomic mass is 16.3. The zero-order valence-electron chi connectivity index (χ0n) is 9.70. The summed E-state index contributed by atoms with van der Waals surface area (Å²) in [5.41, 5.74) is 2.56. The maximum atomic E-state index is 10.1. The predicted octanol–water partition coefficient (Wildman–Crippen LogP) is 3.84. The topological polar surface area (TPSA) is 20.2 Å². The molecule has 16 heavy (non-hydrogen) atoms. The van der Waals surface area contributed by atoms with Gasteiger partial charge in [0.2, 0.25) is 0 Å². The van der Waals surface area contributed by atoms with Crippen LogP contribution in [-0.4, -0.2) is 5.11 Å². The first-order valence-electron chi connectivity index (χ1n) is 5.92. The molecule has 82 valence electrons. The number of phenols is 1. The molecular formula is C15H16O. The molecule has 2 aromatic rings. The minimum Gasteiger partial charge on any atom is -0.508 e. The van der Waals surface area contributed by atoms with Gasteiger partial charge in [0, 0.05) is 5.56 Å². The maximum Gasteiger partial charge on any atom is 0.119 e. The Labute approximate surface area is 95.7 Å². The Balaban J connectivity index is 2.37. The van der Waals surface area contributed by atoms with E-state index in [1.54, 1.807) is 0 Å². The van der Waals surface area contributed by atoms with Crippen molar-refractivity contribution < 1.29 is 5.11 Å². The lowest BCUT2D eigenvalue weighted by Crippen LogP contribution is -2.04. The second-order valence-electron chi connectivity index (χ2n) is 5.07. The Morgan fingerprint density at radius 2 is 2.00 bits per heavy atom. The summed E-state index contributed by atoms with van der Waals surface area (Å²) in [6, 6.07) is 10.3. The van der Waals surface area contributed by atoms with E-state index < -0.39 is 0 Å². The molecule has 1 atom stereocenters. The third kappa shape index (κ3) is 1.18. The SMILES string of the molecule is CC(C)C1Cc2cccc3ccc(O)c1c23. The molecule has 0 bridgehead atoms. The Morgan fingerprint density at radius 1 is 1.19 bits per heavy atom. The molecule has 1 aliphatic carbocycles. The van der Waals surface area contributed by atoms with E-state index in [0.717, 1.165) is 6.42 Å². The fraction of sp³-hybridized carbons (Fsp3) is 0.333. The van der Waals surface area contributed by atoms with Crippen molar-refractivity contribution in [2.24, 2.45) is 5.92 Å². The Morgan fingerprint density at radius 3 is 2.75 bits per heavy atom. The molecule has 3 rings (SSSR count). The van der Waals surface area contributed by atoms with E-state index in [2.05, 4.69) is 32.0 Å². The molecule has 0 spiro atoms. The smallest absolute Gasteiger partial charge is 0.119 e. The van der Waals surface area contributed by atoms with Crippen LogP contribution in [0, 0.1) is 5.92 Å². The highest BCUT2D eigenvalue weighted by Crippen LogP contribution is 2.46. The third-order valence-corrected chi connectivity index (χ3v) is 3.76. The van der Waals surface area contributed by atoms with Crippen LogP contribution in [0.15, 0.2) is 30.3 Å². The van der Waals surface area contributed by atoms with Gasteiger partial charge < -0.3 is 5.11 Å². The van der Waals surface area contributed by atoms with E-state index in [9.17, 15) is 5.11 Å². The molecule has 0 saturated heterocycles. The molecule has 0 heterocycles. The van der Waals surface area contributed by atoms with E-state index >= 15 is 0 Å². The van der Waals surface area contributed by atoms with Gasteiger partial charge in [0.15, 0.2) is 0 Å². The zero-order valence-corrected chi connectivity index (χ0v) is 9.70. The summed E-state index contributed by atoms with van der Waals surface area (Å²) in [6.07, 6.45) is 1.07. The molecule has 1 N–H and O–H groups in total. The van der Waals surface area contributed by atoms with Gasteiger partial charge in [-0.05, 0) is 40.7 Å². The van der Waals surface area contributed by atoms with Crippen molar-refractivity contribution in [1.82, 2.24) is 0 Å². The molecule has 0 aliphatic heterocycles. The van der Waals surface area contributed by atoms with Crippen molar-refractivity contribution in [3.8, 4) is 5.75 Å². The summed E-state index contributed by atoms with van der Waals surface area (Å²) in [6.45, 7) is 4.46. The number of benzene rings is 2. The third-order valence-electron chi connectivity index (χ3n) is 3.76. The Kier molecular flexibility index (Phi) is 1.97. The summed E-state index contributed by atoms with van der Waals surface area (Å²) in [5.74, 6) is 1.51. The molecular weight excluding hydrogens is 196 g/mol. The summed E-state index contributed by atoms with van der Waals surface area (Å²) in [7, 11) is 0. The van der Waals surface area contributed by atoms with E-state index in [0.29, 0.717) is 17.6 Å². The summed E-state index contributed by atoms with van der Waals surface area (Å²) in [5, 5.41) is 12.6. The second kappa shape index (κ2) is 3.24. The van der Waals surface area contributed by atoms with E-state index in [1.807, 2.05) is 12.1 Å². The Hall–Kier alpha value is -1.50. The molecule has 0 radical (unpaired) electrons. The standard InChI is InChI=1S/C15H16O/c1-9(2)12-8-11-5-3-4-10-6-7-13(16)15(12)14(10)11/h3-7,9,12,16H,8H2,1-2H3. The normalized spacial score (nSPS) is 18.6.